The van der Waals surface area contributed by atoms with E-state index in [1.807, 2.05) is 18.7 Å². The van der Waals surface area contributed by atoms with Gasteiger partial charge >= 0.3 is 0 Å². The number of piperidine rings is 2. The van der Waals surface area contributed by atoms with Crippen LogP contribution in [-0.4, -0.2) is 96.8 Å². The Morgan fingerprint density at radius 2 is 1.88 bits per heavy atom. The van der Waals surface area contributed by atoms with E-state index in [4.69, 9.17) is 14.2 Å². The maximum absolute atomic E-state index is 14.2. The zero-order valence-electron chi connectivity index (χ0n) is 24.3. The molecule has 10 heteroatoms. The highest BCUT2D eigenvalue weighted by atomic mass is 32.2. The standard InChI is InChI=1S/C30H48N4O5S/c1-15(28(35)33-30-32-20-6-4-5-7-23(20)40-30)39-16-8-10-21-19(14-16)17-12-13-31-25-18-9-11-22(37-2)27(38-3)24(18)29(36)34(21)26(17)25/h15-27,30-32H,4-14H2,1-3H3,(H,33,35)/t15-,16?,17?,18?,19?,20?,21?,22?,23?,24?,25?,26?,27?,30?/m0/s1. The number of carbonyl (C=O) groups excluding carboxylic acids is 2. The molecule has 4 aliphatic heterocycles. The first-order chi connectivity index (χ1) is 19.5. The van der Waals surface area contributed by atoms with Gasteiger partial charge in [0.2, 0.25) is 5.91 Å². The molecule has 0 aromatic heterocycles. The van der Waals surface area contributed by atoms with Crippen molar-refractivity contribution in [1.82, 2.24) is 20.9 Å². The second-order valence-electron chi connectivity index (χ2n) is 13.5. The molecule has 7 rings (SSSR count). The number of rotatable bonds is 6. The van der Waals surface area contributed by atoms with E-state index in [2.05, 4.69) is 20.9 Å². The zero-order chi connectivity index (χ0) is 27.5. The molecule has 0 bridgehead atoms. The normalized spacial score (nSPS) is 48.5. The third kappa shape index (κ3) is 4.64. The Morgan fingerprint density at radius 1 is 1.02 bits per heavy atom. The van der Waals surface area contributed by atoms with Crippen LogP contribution in [0.1, 0.15) is 71.1 Å². The lowest BCUT2D eigenvalue weighted by Crippen LogP contribution is -2.70. The summed E-state index contributed by atoms with van der Waals surface area (Å²) in [7, 11) is 3.47. The Kier molecular flexibility index (Phi) is 7.88. The van der Waals surface area contributed by atoms with E-state index in [1.54, 1.807) is 14.2 Å². The molecule has 0 aromatic carbocycles. The third-order valence-electron chi connectivity index (χ3n) is 11.7. The van der Waals surface area contributed by atoms with Gasteiger partial charge in [-0.2, -0.15) is 0 Å². The topological polar surface area (TPSA) is 101 Å². The minimum atomic E-state index is -0.478. The second-order valence-corrected chi connectivity index (χ2v) is 14.8. The quantitative estimate of drug-likeness (QED) is 0.443. The van der Waals surface area contributed by atoms with E-state index in [0.717, 1.165) is 45.1 Å². The predicted molar refractivity (Wildman–Crippen MR) is 153 cm³/mol. The molecule has 7 aliphatic rings. The average molecular weight is 577 g/mol. The summed E-state index contributed by atoms with van der Waals surface area (Å²) in [6.07, 6.45) is 10.2. The maximum atomic E-state index is 14.2. The molecular weight excluding hydrogens is 528 g/mol. The molecule has 14 atom stereocenters. The molecular formula is C30H48N4O5S. The summed E-state index contributed by atoms with van der Waals surface area (Å²) in [5.74, 6) is 1.36. The van der Waals surface area contributed by atoms with E-state index < -0.39 is 6.10 Å². The van der Waals surface area contributed by atoms with Crippen LogP contribution in [-0.2, 0) is 23.8 Å². The van der Waals surface area contributed by atoms with Crippen LogP contribution >= 0.6 is 11.8 Å². The molecule has 0 aromatic rings. The van der Waals surface area contributed by atoms with Crippen molar-refractivity contribution >= 4 is 23.6 Å². The Balaban J connectivity index is 1.01. The van der Waals surface area contributed by atoms with Gasteiger partial charge in [0, 0.05) is 37.6 Å². The van der Waals surface area contributed by atoms with Crippen molar-refractivity contribution in [2.24, 2.45) is 23.7 Å². The van der Waals surface area contributed by atoms with Crippen LogP contribution in [0.3, 0.4) is 0 Å². The third-order valence-corrected chi connectivity index (χ3v) is 13.1. The molecule has 0 spiro atoms. The highest BCUT2D eigenvalue weighted by molar-refractivity contribution is 8.00. The molecule has 3 N–H and O–H groups in total. The number of carbonyl (C=O) groups is 2. The van der Waals surface area contributed by atoms with Gasteiger partial charge in [0.05, 0.1) is 30.3 Å². The van der Waals surface area contributed by atoms with E-state index in [0.29, 0.717) is 35.1 Å². The number of methoxy groups -OCH3 is 2. The number of hydrogen-bond donors (Lipinski definition) is 3. The molecule has 13 unspecified atom stereocenters. The first-order valence-electron chi connectivity index (χ1n) is 16.0. The summed E-state index contributed by atoms with van der Waals surface area (Å²) >= 11 is 1.87. The average Bonchev–Trinajstić information content (AvgIpc) is 3.53. The van der Waals surface area contributed by atoms with Gasteiger partial charge in [-0.3, -0.25) is 14.9 Å². The van der Waals surface area contributed by atoms with Crippen molar-refractivity contribution in [1.29, 1.82) is 0 Å². The fourth-order valence-electron chi connectivity index (χ4n) is 9.99. The first kappa shape index (κ1) is 27.9. The van der Waals surface area contributed by atoms with Gasteiger partial charge < -0.3 is 29.7 Å². The van der Waals surface area contributed by atoms with Crippen LogP contribution in [0.25, 0.3) is 0 Å². The monoisotopic (exact) mass is 576 g/mol. The predicted octanol–water partition coefficient (Wildman–Crippen LogP) is 2.23. The molecule has 0 radical (unpaired) electrons. The van der Waals surface area contributed by atoms with Crippen molar-refractivity contribution in [2.45, 2.75) is 130 Å². The van der Waals surface area contributed by atoms with Gasteiger partial charge in [0.15, 0.2) is 0 Å². The number of nitrogens with zero attached hydrogens (tertiary/aromatic N) is 1. The van der Waals surface area contributed by atoms with Crippen molar-refractivity contribution in [3.8, 4) is 0 Å². The van der Waals surface area contributed by atoms with Gasteiger partial charge in [0.1, 0.15) is 11.6 Å². The van der Waals surface area contributed by atoms with Crippen LogP contribution in [0.15, 0.2) is 0 Å². The number of nitrogens with one attached hydrogen (secondary N) is 3. The lowest BCUT2D eigenvalue weighted by Gasteiger charge is -2.55. The number of thioether (sulfide) groups is 1. The van der Waals surface area contributed by atoms with Crippen molar-refractivity contribution < 1.29 is 23.8 Å². The summed E-state index contributed by atoms with van der Waals surface area (Å²) in [6, 6.07) is 1.38. The van der Waals surface area contributed by atoms with Crippen LogP contribution in [0.4, 0.5) is 0 Å². The van der Waals surface area contributed by atoms with Crippen LogP contribution in [0, 0.1) is 23.7 Å². The first-order valence-corrected chi connectivity index (χ1v) is 16.9. The molecule has 3 aliphatic carbocycles. The van der Waals surface area contributed by atoms with Crippen LogP contribution in [0.2, 0.25) is 0 Å². The van der Waals surface area contributed by atoms with Gasteiger partial charge in [-0.05, 0) is 82.6 Å². The number of fused-ring (bicyclic) bond motifs is 6. The lowest BCUT2D eigenvalue weighted by atomic mass is 9.64. The zero-order valence-corrected chi connectivity index (χ0v) is 25.1. The smallest absolute Gasteiger partial charge is 0.250 e. The molecule has 224 valence electrons. The van der Waals surface area contributed by atoms with E-state index in [9.17, 15) is 9.59 Å². The largest absolute Gasteiger partial charge is 0.379 e. The highest BCUT2D eigenvalue weighted by Gasteiger charge is 2.64. The van der Waals surface area contributed by atoms with Gasteiger partial charge in [-0.1, -0.05) is 12.8 Å². The molecule has 4 heterocycles. The molecule has 7 fully saturated rings. The van der Waals surface area contributed by atoms with E-state index in [1.165, 1.54) is 25.7 Å². The minimum absolute atomic E-state index is 0.0111. The fourth-order valence-corrected chi connectivity index (χ4v) is 11.5. The molecule has 4 saturated heterocycles. The van der Waals surface area contributed by atoms with E-state index >= 15 is 0 Å². The summed E-state index contributed by atoms with van der Waals surface area (Å²) in [4.78, 5) is 29.6. The number of ether oxygens (including phenoxy) is 3. The Labute approximate surface area is 242 Å². The maximum Gasteiger partial charge on any atom is 0.250 e. The highest BCUT2D eigenvalue weighted by Crippen LogP contribution is 2.54. The van der Waals surface area contributed by atoms with Crippen LogP contribution in [0.5, 0.6) is 0 Å². The molecule has 40 heavy (non-hydrogen) atoms. The van der Waals surface area contributed by atoms with Gasteiger partial charge in [-0.25, -0.2) is 0 Å². The van der Waals surface area contributed by atoms with Crippen LogP contribution < -0.4 is 16.0 Å². The van der Waals surface area contributed by atoms with Crippen molar-refractivity contribution in [3.63, 3.8) is 0 Å². The second kappa shape index (κ2) is 11.3. The number of amides is 2. The van der Waals surface area contributed by atoms with Crippen molar-refractivity contribution in [3.05, 3.63) is 0 Å². The molecule has 9 nitrogen and oxygen atoms in total. The summed E-state index contributed by atoms with van der Waals surface area (Å²) < 4.78 is 18.2. The Morgan fingerprint density at radius 3 is 2.67 bits per heavy atom. The van der Waals surface area contributed by atoms with Gasteiger partial charge in [0.25, 0.3) is 5.91 Å². The lowest BCUT2D eigenvalue weighted by molar-refractivity contribution is -0.175. The number of hydrogen-bond acceptors (Lipinski definition) is 8. The molecule has 3 saturated carbocycles. The minimum Gasteiger partial charge on any atom is -0.379 e. The van der Waals surface area contributed by atoms with Crippen molar-refractivity contribution in [2.75, 3.05) is 20.8 Å². The summed E-state index contributed by atoms with van der Waals surface area (Å²) in [5.41, 5.74) is -0.0111. The summed E-state index contributed by atoms with van der Waals surface area (Å²) in [5, 5.41) is 11.3. The fraction of sp³-hybridized carbons (Fsp3) is 0.933. The van der Waals surface area contributed by atoms with Gasteiger partial charge in [-0.15, -0.1) is 11.8 Å². The Bertz CT molecular complexity index is 958. The molecule has 2 amide bonds. The van der Waals surface area contributed by atoms with E-state index in [-0.39, 0.29) is 53.6 Å². The Hall–Kier alpha value is -0.910. The summed E-state index contributed by atoms with van der Waals surface area (Å²) in [6.45, 7) is 2.90. The SMILES string of the molecule is COC1CCC2C3NCCC4C5CC(O[C@@H](C)C(=O)NC6NC7CCCCC7S6)CCC5N(C(=O)C2C1OC)C43.